The van der Waals surface area contributed by atoms with Gasteiger partial charge in [0.15, 0.2) is 0 Å². The number of nitrogens with zero attached hydrogens (tertiary/aromatic N) is 1. The number of carbonyl (C=O) groups is 2. The number of aryl methyl sites for hydroxylation is 1. The maximum atomic E-state index is 13.0. The number of carbonyl (C=O) groups excluding carboxylic acids is 2. The lowest BCUT2D eigenvalue weighted by molar-refractivity contribution is -0.132. The van der Waals surface area contributed by atoms with Crippen molar-refractivity contribution < 1.29 is 9.59 Å². The fourth-order valence-corrected chi connectivity index (χ4v) is 3.33. The fraction of sp³-hybridized carbons (Fsp3) is 0.364. The van der Waals surface area contributed by atoms with E-state index >= 15 is 0 Å². The highest BCUT2D eigenvalue weighted by molar-refractivity contribution is 6.17. The Kier molecular flexibility index (Phi) is 4.86. The Labute approximate surface area is 155 Å². The Hall–Kier alpha value is -2.62. The molecular weight excluding hydrogens is 324 g/mol. The third-order valence-electron chi connectivity index (χ3n) is 5.21. The van der Waals surface area contributed by atoms with Gasteiger partial charge in [0.2, 0.25) is 11.8 Å². The monoisotopic (exact) mass is 350 g/mol. The lowest BCUT2D eigenvalue weighted by Crippen LogP contribution is -2.41. The molecule has 2 aromatic carbocycles. The zero-order valence-corrected chi connectivity index (χ0v) is 15.9. The first-order valence-corrected chi connectivity index (χ1v) is 9.11. The molecule has 1 fully saturated rings. The standard InChI is InChI=1S/C22H26N2O2/c1-15(2)18-12-8-9-16(3)19(18)23-20(25)22(13-14-22)21(26)24(4)17-10-6-5-7-11-17/h5-12,15H,13-14H2,1-4H3,(H,23,25). The van der Waals surface area contributed by atoms with Crippen LogP contribution in [0.3, 0.4) is 0 Å². The molecule has 4 nitrogen and oxygen atoms in total. The molecule has 26 heavy (non-hydrogen) atoms. The first-order chi connectivity index (χ1) is 12.4. The highest BCUT2D eigenvalue weighted by Gasteiger charge is 2.57. The summed E-state index contributed by atoms with van der Waals surface area (Å²) in [5.41, 5.74) is 2.81. The van der Waals surface area contributed by atoms with E-state index in [-0.39, 0.29) is 11.8 Å². The zero-order chi connectivity index (χ0) is 18.9. The SMILES string of the molecule is Cc1cccc(C(C)C)c1NC(=O)C1(C(=O)N(C)c2ccccc2)CC1. The van der Waals surface area contributed by atoms with Crippen LogP contribution < -0.4 is 10.2 Å². The molecule has 0 aliphatic heterocycles. The summed E-state index contributed by atoms with van der Waals surface area (Å²) in [6.07, 6.45) is 1.19. The molecule has 1 saturated carbocycles. The number of benzene rings is 2. The normalized spacial score (nSPS) is 14.8. The molecule has 0 aromatic heterocycles. The molecule has 1 aliphatic rings. The summed E-state index contributed by atoms with van der Waals surface area (Å²) in [5.74, 6) is -0.0367. The highest BCUT2D eigenvalue weighted by Crippen LogP contribution is 2.49. The van der Waals surface area contributed by atoms with Gasteiger partial charge < -0.3 is 10.2 Å². The number of hydrogen-bond donors (Lipinski definition) is 1. The molecule has 0 atom stereocenters. The third-order valence-corrected chi connectivity index (χ3v) is 5.21. The second-order valence-corrected chi connectivity index (χ2v) is 7.43. The molecule has 1 aliphatic carbocycles. The van der Waals surface area contributed by atoms with Crippen LogP contribution in [0.25, 0.3) is 0 Å². The topological polar surface area (TPSA) is 49.4 Å². The minimum Gasteiger partial charge on any atom is -0.325 e. The number of hydrogen-bond acceptors (Lipinski definition) is 2. The van der Waals surface area contributed by atoms with Crippen molar-refractivity contribution in [1.29, 1.82) is 0 Å². The molecule has 1 N–H and O–H groups in total. The van der Waals surface area contributed by atoms with Crippen LogP contribution >= 0.6 is 0 Å². The van der Waals surface area contributed by atoms with Gasteiger partial charge in [0.1, 0.15) is 5.41 Å². The van der Waals surface area contributed by atoms with E-state index in [1.807, 2.05) is 55.5 Å². The molecule has 0 spiro atoms. The summed E-state index contributed by atoms with van der Waals surface area (Å²) in [7, 11) is 1.73. The van der Waals surface area contributed by atoms with Gasteiger partial charge in [0.25, 0.3) is 0 Å². The van der Waals surface area contributed by atoms with Crippen molar-refractivity contribution in [1.82, 2.24) is 0 Å². The summed E-state index contributed by atoms with van der Waals surface area (Å²) < 4.78 is 0. The van der Waals surface area contributed by atoms with Gasteiger partial charge in [0.05, 0.1) is 0 Å². The Morgan fingerprint density at radius 2 is 1.69 bits per heavy atom. The van der Waals surface area contributed by atoms with Crippen molar-refractivity contribution in [3.8, 4) is 0 Å². The summed E-state index contributed by atoms with van der Waals surface area (Å²) >= 11 is 0. The van der Waals surface area contributed by atoms with Crippen LogP contribution in [0, 0.1) is 12.3 Å². The predicted octanol–water partition coefficient (Wildman–Crippen LogP) is 4.50. The van der Waals surface area contributed by atoms with Crippen molar-refractivity contribution in [2.75, 3.05) is 17.3 Å². The molecule has 136 valence electrons. The number of nitrogens with one attached hydrogen (secondary N) is 1. The van der Waals surface area contributed by atoms with Crippen LogP contribution in [0.15, 0.2) is 48.5 Å². The summed E-state index contributed by atoms with van der Waals surface area (Å²) in [6.45, 7) is 6.19. The van der Waals surface area contributed by atoms with Crippen LogP contribution in [0.2, 0.25) is 0 Å². The third kappa shape index (κ3) is 3.24. The average molecular weight is 350 g/mol. The van der Waals surface area contributed by atoms with Gasteiger partial charge in [-0.25, -0.2) is 0 Å². The van der Waals surface area contributed by atoms with E-state index in [2.05, 4.69) is 19.2 Å². The van der Waals surface area contributed by atoms with E-state index in [0.29, 0.717) is 18.8 Å². The van der Waals surface area contributed by atoms with E-state index in [9.17, 15) is 9.59 Å². The molecule has 2 amide bonds. The van der Waals surface area contributed by atoms with Crippen molar-refractivity contribution in [2.24, 2.45) is 5.41 Å². The van der Waals surface area contributed by atoms with Gasteiger partial charge in [-0.15, -0.1) is 0 Å². The molecule has 0 bridgehead atoms. The Bertz CT molecular complexity index is 823. The zero-order valence-electron chi connectivity index (χ0n) is 15.9. The Morgan fingerprint density at radius 3 is 2.27 bits per heavy atom. The van der Waals surface area contributed by atoms with Gasteiger partial charge >= 0.3 is 0 Å². The van der Waals surface area contributed by atoms with Crippen LogP contribution in [-0.2, 0) is 9.59 Å². The van der Waals surface area contributed by atoms with E-state index in [1.54, 1.807) is 11.9 Å². The predicted molar refractivity (Wildman–Crippen MR) is 105 cm³/mol. The quantitative estimate of drug-likeness (QED) is 0.807. The van der Waals surface area contributed by atoms with Crippen LogP contribution in [0.1, 0.15) is 43.7 Å². The number of amides is 2. The summed E-state index contributed by atoms with van der Waals surface area (Å²) in [6, 6.07) is 15.5. The maximum Gasteiger partial charge on any atom is 0.242 e. The lowest BCUT2D eigenvalue weighted by Gasteiger charge is -2.24. The number of rotatable bonds is 5. The van der Waals surface area contributed by atoms with E-state index in [1.165, 1.54) is 0 Å². The molecule has 0 radical (unpaired) electrons. The smallest absolute Gasteiger partial charge is 0.242 e. The summed E-state index contributed by atoms with van der Waals surface area (Å²) in [4.78, 5) is 27.7. The van der Waals surface area contributed by atoms with Crippen molar-refractivity contribution in [3.63, 3.8) is 0 Å². The molecule has 0 unspecified atom stereocenters. The largest absolute Gasteiger partial charge is 0.325 e. The first kappa shape index (κ1) is 18.2. The Morgan fingerprint density at radius 1 is 1.04 bits per heavy atom. The molecule has 0 saturated heterocycles. The molecular formula is C22H26N2O2. The van der Waals surface area contributed by atoms with Gasteiger partial charge in [-0.05, 0) is 48.9 Å². The first-order valence-electron chi connectivity index (χ1n) is 9.11. The number of anilines is 2. The fourth-order valence-electron chi connectivity index (χ4n) is 3.33. The second kappa shape index (κ2) is 6.94. The molecule has 2 aromatic rings. The molecule has 0 heterocycles. The van der Waals surface area contributed by atoms with E-state index in [0.717, 1.165) is 22.5 Å². The van der Waals surface area contributed by atoms with E-state index < -0.39 is 5.41 Å². The molecule has 3 rings (SSSR count). The van der Waals surface area contributed by atoms with Gasteiger partial charge in [0, 0.05) is 18.4 Å². The Balaban J connectivity index is 1.83. The average Bonchev–Trinajstić information content (AvgIpc) is 3.44. The van der Waals surface area contributed by atoms with Gasteiger partial charge in [-0.3, -0.25) is 9.59 Å². The lowest BCUT2D eigenvalue weighted by atomic mass is 9.97. The van der Waals surface area contributed by atoms with Crippen molar-refractivity contribution >= 4 is 23.2 Å². The van der Waals surface area contributed by atoms with Crippen LogP contribution in [0.4, 0.5) is 11.4 Å². The van der Waals surface area contributed by atoms with Crippen LogP contribution in [-0.4, -0.2) is 18.9 Å². The van der Waals surface area contributed by atoms with E-state index in [4.69, 9.17) is 0 Å². The van der Waals surface area contributed by atoms with Crippen molar-refractivity contribution in [2.45, 2.75) is 39.5 Å². The highest BCUT2D eigenvalue weighted by atomic mass is 16.2. The maximum absolute atomic E-state index is 13.0. The van der Waals surface area contributed by atoms with Gasteiger partial charge in [-0.1, -0.05) is 50.2 Å². The summed E-state index contributed by atoms with van der Waals surface area (Å²) in [5, 5.41) is 3.06. The second-order valence-electron chi connectivity index (χ2n) is 7.43. The molecule has 4 heteroatoms. The number of para-hydroxylation sites is 2. The minimum absolute atomic E-state index is 0.138. The van der Waals surface area contributed by atoms with Gasteiger partial charge in [-0.2, -0.15) is 0 Å². The van der Waals surface area contributed by atoms with Crippen molar-refractivity contribution in [3.05, 3.63) is 59.7 Å². The van der Waals surface area contributed by atoms with Crippen LogP contribution in [0.5, 0.6) is 0 Å². The minimum atomic E-state index is -0.943.